The molecule has 2 aromatic rings. The molecular formula is C18H17Cl2F3N2O. The summed E-state index contributed by atoms with van der Waals surface area (Å²) in [5, 5.41) is 0.724. The molecule has 0 aliphatic heterocycles. The largest absolute Gasteiger partial charge is 0.573 e. The minimum absolute atomic E-state index is 0.143. The van der Waals surface area contributed by atoms with Gasteiger partial charge in [0.1, 0.15) is 5.75 Å². The zero-order chi connectivity index (χ0) is 19.3. The fraction of sp³-hybridized carbons (Fsp3) is 0.278. The Morgan fingerprint density at radius 1 is 1.12 bits per heavy atom. The second-order valence-electron chi connectivity index (χ2n) is 5.55. The number of para-hydroxylation sites is 1. The van der Waals surface area contributed by atoms with E-state index in [9.17, 15) is 13.2 Å². The van der Waals surface area contributed by atoms with Crippen LogP contribution in [0, 0.1) is 0 Å². The quantitative estimate of drug-likeness (QED) is 0.429. The number of benzene rings is 2. The van der Waals surface area contributed by atoms with Crippen molar-refractivity contribution >= 4 is 35.2 Å². The van der Waals surface area contributed by atoms with Gasteiger partial charge in [0.25, 0.3) is 0 Å². The third-order valence-corrected chi connectivity index (χ3v) is 4.24. The van der Waals surface area contributed by atoms with Gasteiger partial charge in [-0.3, -0.25) is 0 Å². The molecular weight excluding hydrogens is 388 g/mol. The lowest BCUT2D eigenvalue weighted by atomic mass is 10.0. The van der Waals surface area contributed by atoms with E-state index >= 15 is 0 Å². The number of hydrogen-bond donors (Lipinski definition) is 0. The van der Waals surface area contributed by atoms with Crippen LogP contribution in [0.25, 0.3) is 0 Å². The molecule has 0 radical (unpaired) electrons. The average Bonchev–Trinajstić information content (AvgIpc) is 2.56. The van der Waals surface area contributed by atoms with Gasteiger partial charge in [0.05, 0.1) is 17.0 Å². The molecule has 0 atom stereocenters. The van der Waals surface area contributed by atoms with E-state index in [1.165, 1.54) is 12.1 Å². The van der Waals surface area contributed by atoms with Crippen molar-refractivity contribution in [2.24, 2.45) is 4.99 Å². The molecule has 26 heavy (non-hydrogen) atoms. The second kappa shape index (κ2) is 8.64. The van der Waals surface area contributed by atoms with Gasteiger partial charge in [0, 0.05) is 25.0 Å². The standard InChI is InChI=1S/C18H17Cl2F3N2O/c1-3-25(2)11-24-16-10-14(19)13(9-15(16)20)8-12-6-4-5-7-17(12)26-18(21,22)23/h4-7,9-11H,3,8H2,1-2H3/b24-11-. The zero-order valence-corrected chi connectivity index (χ0v) is 15.7. The lowest BCUT2D eigenvalue weighted by Gasteiger charge is -2.14. The summed E-state index contributed by atoms with van der Waals surface area (Å²) in [5.41, 5.74) is 1.42. The fourth-order valence-corrected chi connectivity index (χ4v) is 2.59. The maximum absolute atomic E-state index is 12.5. The minimum Gasteiger partial charge on any atom is -0.405 e. The van der Waals surface area contributed by atoms with Crippen LogP contribution in [0.15, 0.2) is 41.4 Å². The summed E-state index contributed by atoms with van der Waals surface area (Å²) in [7, 11) is 1.87. The molecule has 0 spiro atoms. The number of hydrogen-bond acceptors (Lipinski definition) is 2. The molecule has 0 amide bonds. The van der Waals surface area contributed by atoms with Crippen LogP contribution in [0.1, 0.15) is 18.1 Å². The van der Waals surface area contributed by atoms with E-state index in [-0.39, 0.29) is 12.2 Å². The van der Waals surface area contributed by atoms with Crippen molar-refractivity contribution in [1.82, 2.24) is 4.90 Å². The Morgan fingerprint density at radius 2 is 1.81 bits per heavy atom. The van der Waals surface area contributed by atoms with Gasteiger partial charge in [0.2, 0.25) is 0 Å². The molecule has 0 aliphatic carbocycles. The molecule has 0 saturated carbocycles. The molecule has 0 unspecified atom stereocenters. The van der Waals surface area contributed by atoms with Crippen LogP contribution in [-0.2, 0) is 6.42 Å². The van der Waals surface area contributed by atoms with Crippen molar-refractivity contribution in [1.29, 1.82) is 0 Å². The zero-order valence-electron chi connectivity index (χ0n) is 14.1. The van der Waals surface area contributed by atoms with E-state index in [1.54, 1.807) is 30.6 Å². The number of halogens is 5. The highest BCUT2D eigenvalue weighted by molar-refractivity contribution is 6.35. The third kappa shape index (κ3) is 5.81. The molecule has 3 nitrogen and oxygen atoms in total. The van der Waals surface area contributed by atoms with Crippen LogP contribution < -0.4 is 4.74 Å². The molecule has 2 rings (SSSR count). The summed E-state index contributed by atoms with van der Waals surface area (Å²) in [6.45, 7) is 2.76. The maximum Gasteiger partial charge on any atom is 0.573 e. The Balaban J connectivity index is 2.29. The summed E-state index contributed by atoms with van der Waals surface area (Å²) in [4.78, 5) is 6.13. The first kappa shape index (κ1) is 20.4. The van der Waals surface area contributed by atoms with E-state index in [4.69, 9.17) is 23.2 Å². The van der Waals surface area contributed by atoms with Gasteiger partial charge in [-0.1, -0.05) is 41.4 Å². The van der Waals surface area contributed by atoms with Gasteiger partial charge in [-0.25, -0.2) is 4.99 Å². The lowest BCUT2D eigenvalue weighted by molar-refractivity contribution is -0.274. The van der Waals surface area contributed by atoms with Crippen molar-refractivity contribution in [3.8, 4) is 5.75 Å². The molecule has 0 N–H and O–H groups in total. The predicted octanol–water partition coefficient (Wildman–Crippen LogP) is 6.09. The van der Waals surface area contributed by atoms with E-state index in [1.807, 2.05) is 18.9 Å². The van der Waals surface area contributed by atoms with E-state index in [0.29, 0.717) is 26.9 Å². The summed E-state index contributed by atoms with van der Waals surface area (Å²) < 4.78 is 41.7. The topological polar surface area (TPSA) is 24.8 Å². The van der Waals surface area contributed by atoms with Crippen LogP contribution in [0.3, 0.4) is 0 Å². The van der Waals surface area contributed by atoms with Crippen molar-refractivity contribution in [2.45, 2.75) is 19.7 Å². The Kier molecular flexibility index (Phi) is 6.78. The highest BCUT2D eigenvalue weighted by Crippen LogP contribution is 2.34. The lowest BCUT2D eigenvalue weighted by Crippen LogP contribution is -2.18. The van der Waals surface area contributed by atoms with E-state index in [0.717, 1.165) is 6.54 Å². The average molecular weight is 405 g/mol. The first-order valence-electron chi connectivity index (χ1n) is 7.75. The van der Waals surface area contributed by atoms with Gasteiger partial charge in [-0.05, 0) is 36.2 Å². The number of alkyl halides is 3. The van der Waals surface area contributed by atoms with Crippen LogP contribution in [0.4, 0.5) is 18.9 Å². The molecule has 0 fully saturated rings. The minimum atomic E-state index is -4.76. The van der Waals surface area contributed by atoms with Gasteiger partial charge in [-0.2, -0.15) is 0 Å². The summed E-state index contributed by atoms with van der Waals surface area (Å²) in [6, 6.07) is 9.11. The molecule has 8 heteroatoms. The third-order valence-electron chi connectivity index (χ3n) is 3.59. The predicted molar refractivity (Wildman–Crippen MR) is 98.8 cm³/mol. The maximum atomic E-state index is 12.5. The number of nitrogens with zero attached hydrogens (tertiary/aromatic N) is 2. The summed E-state index contributed by atoms with van der Waals surface area (Å²) in [6.07, 6.45) is -2.99. The highest BCUT2D eigenvalue weighted by Gasteiger charge is 2.32. The molecule has 140 valence electrons. The van der Waals surface area contributed by atoms with Crippen molar-refractivity contribution < 1.29 is 17.9 Å². The number of aliphatic imine (C=N–C) groups is 1. The molecule has 0 aliphatic rings. The normalized spacial score (nSPS) is 11.8. The second-order valence-corrected chi connectivity index (χ2v) is 6.36. The van der Waals surface area contributed by atoms with Crippen molar-refractivity contribution in [3.05, 3.63) is 57.6 Å². The Bertz CT molecular complexity index is 794. The number of rotatable bonds is 6. The van der Waals surface area contributed by atoms with Crippen LogP contribution in [0.5, 0.6) is 5.75 Å². The van der Waals surface area contributed by atoms with Crippen LogP contribution in [0.2, 0.25) is 10.0 Å². The highest BCUT2D eigenvalue weighted by atomic mass is 35.5. The van der Waals surface area contributed by atoms with Gasteiger partial charge < -0.3 is 9.64 Å². The molecule has 0 bridgehead atoms. The molecule has 2 aromatic carbocycles. The van der Waals surface area contributed by atoms with Crippen LogP contribution in [-0.4, -0.2) is 31.2 Å². The Morgan fingerprint density at radius 3 is 2.46 bits per heavy atom. The summed E-state index contributed by atoms with van der Waals surface area (Å²) in [5.74, 6) is -0.265. The van der Waals surface area contributed by atoms with E-state index in [2.05, 4.69) is 9.73 Å². The SMILES string of the molecule is CCN(C)/C=N\c1cc(Cl)c(Cc2ccccc2OC(F)(F)F)cc1Cl. The monoisotopic (exact) mass is 404 g/mol. The van der Waals surface area contributed by atoms with Gasteiger partial charge in [0.15, 0.2) is 0 Å². The van der Waals surface area contributed by atoms with Crippen LogP contribution >= 0.6 is 23.2 Å². The Labute approximate surface area is 160 Å². The van der Waals surface area contributed by atoms with Crippen molar-refractivity contribution in [2.75, 3.05) is 13.6 Å². The van der Waals surface area contributed by atoms with Gasteiger partial charge in [-0.15, -0.1) is 13.2 Å². The Hall–Kier alpha value is -1.92. The number of ether oxygens (including phenoxy) is 1. The first-order chi connectivity index (χ1) is 12.2. The summed E-state index contributed by atoms with van der Waals surface area (Å²) >= 11 is 12.5. The van der Waals surface area contributed by atoms with E-state index < -0.39 is 6.36 Å². The first-order valence-corrected chi connectivity index (χ1v) is 8.51. The van der Waals surface area contributed by atoms with Gasteiger partial charge >= 0.3 is 6.36 Å². The van der Waals surface area contributed by atoms with Crippen molar-refractivity contribution in [3.63, 3.8) is 0 Å². The smallest absolute Gasteiger partial charge is 0.405 e. The molecule has 0 heterocycles. The fourth-order valence-electron chi connectivity index (χ4n) is 2.13. The molecule has 0 saturated heterocycles. The molecule has 0 aromatic heterocycles.